The lowest BCUT2D eigenvalue weighted by atomic mass is 9.92. The van der Waals surface area contributed by atoms with Crippen LogP contribution in [0.3, 0.4) is 0 Å². The van der Waals surface area contributed by atoms with Crippen LogP contribution >= 0.6 is 0 Å². The topological polar surface area (TPSA) is 331 Å². The van der Waals surface area contributed by atoms with E-state index < -0.39 is 150 Å². The van der Waals surface area contributed by atoms with Gasteiger partial charge in [0.1, 0.15) is 78.8 Å². The molecule has 53 heavy (non-hydrogen) atoms. The minimum atomic E-state index is -4.98. The van der Waals surface area contributed by atoms with E-state index in [1.807, 2.05) is 0 Å². The Morgan fingerprint density at radius 1 is 0.528 bits per heavy atom. The largest absolute Gasteiger partial charge is 0.507 e. The summed E-state index contributed by atoms with van der Waals surface area (Å²) >= 11 is 0. The highest BCUT2D eigenvalue weighted by Crippen LogP contribution is 2.45. The van der Waals surface area contributed by atoms with Crippen LogP contribution in [0.25, 0.3) is 44.2 Å². The van der Waals surface area contributed by atoms with Gasteiger partial charge in [-0.05, 0) is 35.4 Å². The number of rotatable bonds is 8. The average molecular weight is 773 g/mol. The highest BCUT2D eigenvalue weighted by Gasteiger charge is 2.30. The van der Waals surface area contributed by atoms with Crippen LogP contribution in [0.15, 0.2) is 77.1 Å². The van der Waals surface area contributed by atoms with Gasteiger partial charge in [-0.3, -0.25) is 18.7 Å². The number of aromatic hydroxyl groups is 6. The molecule has 0 saturated carbocycles. The fourth-order valence-corrected chi connectivity index (χ4v) is 7.11. The van der Waals surface area contributed by atoms with Crippen molar-refractivity contribution in [2.45, 2.75) is 29.4 Å². The van der Waals surface area contributed by atoms with Gasteiger partial charge in [-0.15, -0.1) is 0 Å². The molecule has 0 atom stereocenters. The van der Waals surface area contributed by atoms with Gasteiger partial charge in [-0.1, -0.05) is 12.1 Å². The molecule has 6 rings (SSSR count). The Labute approximate surface area is 295 Å². The van der Waals surface area contributed by atoms with Crippen LogP contribution in [-0.2, 0) is 39.9 Å². The third-order valence-electron chi connectivity index (χ3n) is 8.49. The van der Waals surface area contributed by atoms with Crippen molar-refractivity contribution in [3.05, 3.63) is 91.6 Å². The average Bonchev–Trinajstić information content (AvgIpc) is 3.08. The van der Waals surface area contributed by atoms with Gasteiger partial charge in [-0.2, -0.15) is 16.8 Å². The van der Waals surface area contributed by atoms with Crippen molar-refractivity contribution in [3.8, 4) is 56.8 Å². The Hall–Kier alpha value is -6.16. The number of phenols is 6. The maximum atomic E-state index is 13.8. The van der Waals surface area contributed by atoms with Crippen molar-refractivity contribution in [2.75, 3.05) is 0 Å². The first-order valence-corrected chi connectivity index (χ1v) is 17.5. The molecular formula is C33H24O18S2. The first-order valence-electron chi connectivity index (χ1n) is 14.7. The number of aliphatic hydroxyl groups is 2. The van der Waals surface area contributed by atoms with Gasteiger partial charge in [0.15, 0.2) is 0 Å². The molecule has 0 aliphatic rings. The Bertz CT molecular complexity index is 2690. The van der Waals surface area contributed by atoms with Crippen LogP contribution in [0, 0.1) is 0 Å². The zero-order chi connectivity index (χ0) is 38.9. The van der Waals surface area contributed by atoms with Gasteiger partial charge < -0.3 is 49.7 Å². The summed E-state index contributed by atoms with van der Waals surface area (Å²) in [5.74, 6) is -5.41. The molecule has 4 aromatic carbocycles. The summed E-state index contributed by atoms with van der Waals surface area (Å²) in [6.07, 6.45) is 0.795. The van der Waals surface area contributed by atoms with Crippen LogP contribution in [0.5, 0.6) is 34.5 Å². The number of fused-ring (bicyclic) bond motifs is 2. The Kier molecular flexibility index (Phi) is 8.85. The summed E-state index contributed by atoms with van der Waals surface area (Å²) < 4.78 is 77.3. The second kappa shape index (κ2) is 12.8. The van der Waals surface area contributed by atoms with E-state index >= 15 is 0 Å². The molecule has 276 valence electrons. The molecule has 20 heteroatoms. The quantitative estimate of drug-likeness (QED) is 0.0993. The van der Waals surface area contributed by atoms with Crippen molar-refractivity contribution in [2.24, 2.45) is 0 Å². The number of hydrogen-bond acceptors (Lipinski definition) is 16. The fourth-order valence-electron chi connectivity index (χ4n) is 5.89. The first-order chi connectivity index (χ1) is 24.8. The highest BCUT2D eigenvalue weighted by molar-refractivity contribution is 7.86. The summed E-state index contributed by atoms with van der Waals surface area (Å²) in [5, 5.41) is 83.0. The predicted molar refractivity (Wildman–Crippen MR) is 180 cm³/mol. The third kappa shape index (κ3) is 5.93. The Morgan fingerprint density at radius 2 is 0.887 bits per heavy atom. The van der Waals surface area contributed by atoms with Gasteiger partial charge >= 0.3 is 0 Å². The van der Waals surface area contributed by atoms with Crippen molar-refractivity contribution in [1.29, 1.82) is 0 Å². The summed E-state index contributed by atoms with van der Waals surface area (Å²) in [5.41, 5.74) is -6.69. The normalized spacial score (nSPS) is 12.2. The monoisotopic (exact) mass is 772 g/mol. The molecule has 0 aliphatic heterocycles. The Morgan fingerprint density at radius 3 is 1.21 bits per heavy atom. The molecule has 0 aliphatic carbocycles. The molecule has 2 aromatic heterocycles. The van der Waals surface area contributed by atoms with Gasteiger partial charge in [0.05, 0.1) is 35.5 Å². The number of phenolic OH excluding ortho intramolecular Hbond substituents is 2. The molecule has 10 N–H and O–H groups in total. The van der Waals surface area contributed by atoms with Crippen LogP contribution in [-0.4, -0.2) is 66.8 Å². The maximum absolute atomic E-state index is 13.8. The van der Waals surface area contributed by atoms with Gasteiger partial charge in [0.25, 0.3) is 20.2 Å². The SMILES string of the molecule is O=c1c(-c2ccc(O)c(S(=O)(=O)O)c2)coc2c(Cc3c(O)c(CO)c(O)c4c(=O)c(-c5ccc(O)c(S(=O)(=O)O)c5)coc34)c(O)c(CO)c(O)c12. The minimum absolute atomic E-state index is 0.227. The zero-order valence-corrected chi connectivity index (χ0v) is 27.9. The minimum Gasteiger partial charge on any atom is -0.507 e. The second-order valence-corrected chi connectivity index (χ2v) is 14.3. The summed E-state index contributed by atoms with van der Waals surface area (Å²) in [7, 11) is -9.96. The van der Waals surface area contributed by atoms with Crippen LogP contribution in [0.2, 0.25) is 0 Å². The molecular weight excluding hydrogens is 748 g/mol. The van der Waals surface area contributed by atoms with Gasteiger partial charge in [0, 0.05) is 17.5 Å². The predicted octanol–water partition coefficient (Wildman–Crippen LogP) is 2.54. The van der Waals surface area contributed by atoms with Crippen molar-refractivity contribution in [1.82, 2.24) is 0 Å². The number of hydrogen-bond donors (Lipinski definition) is 10. The van der Waals surface area contributed by atoms with Crippen molar-refractivity contribution in [3.63, 3.8) is 0 Å². The van der Waals surface area contributed by atoms with E-state index in [0.717, 1.165) is 48.9 Å². The summed E-state index contributed by atoms with van der Waals surface area (Å²) in [4.78, 5) is 25.7. The molecule has 6 aromatic rings. The van der Waals surface area contributed by atoms with Crippen molar-refractivity contribution < 1.29 is 75.6 Å². The standard InChI is InChI=1S/C33H24O18S2/c34-8-16-26(38)14(32-24(28(16)40)30(42)18(10-50-32)12-1-3-20(36)22(5-12)52(44,45)46)7-15-27(39)17(9-35)29(41)25-31(43)19(11-51-33(15)25)13-2-4-21(37)23(6-13)53(47,48)49/h1-6,10-11,34-41H,7-9H2,(H,44,45,46)(H,47,48,49). The molecule has 0 radical (unpaired) electrons. The molecule has 0 fully saturated rings. The van der Waals surface area contributed by atoms with Crippen LogP contribution in [0.4, 0.5) is 0 Å². The smallest absolute Gasteiger partial charge is 0.298 e. The van der Waals surface area contributed by atoms with E-state index in [0.29, 0.717) is 0 Å². The Balaban J connectivity index is 1.62. The van der Waals surface area contributed by atoms with Crippen LogP contribution in [0.1, 0.15) is 22.3 Å². The van der Waals surface area contributed by atoms with Crippen molar-refractivity contribution >= 4 is 42.2 Å². The highest BCUT2D eigenvalue weighted by atomic mass is 32.2. The number of benzene rings is 4. The molecule has 2 heterocycles. The first kappa shape index (κ1) is 36.6. The lowest BCUT2D eigenvalue weighted by Crippen LogP contribution is -2.10. The maximum Gasteiger partial charge on any atom is 0.298 e. The molecule has 0 saturated heterocycles. The molecule has 0 amide bonds. The molecule has 0 bridgehead atoms. The van der Waals surface area contributed by atoms with E-state index in [2.05, 4.69) is 0 Å². The summed E-state index contributed by atoms with van der Waals surface area (Å²) in [6.45, 7) is -2.17. The third-order valence-corrected chi connectivity index (χ3v) is 10.3. The van der Waals surface area contributed by atoms with E-state index in [1.165, 1.54) is 0 Å². The molecule has 0 unspecified atom stereocenters. The number of aliphatic hydroxyl groups excluding tert-OH is 2. The summed E-state index contributed by atoms with van der Waals surface area (Å²) in [6, 6.07) is 5.36. The lowest BCUT2D eigenvalue weighted by molar-refractivity contribution is 0.269. The fraction of sp³-hybridized carbons (Fsp3) is 0.0909. The lowest BCUT2D eigenvalue weighted by Gasteiger charge is -2.18. The second-order valence-electron chi connectivity index (χ2n) is 11.5. The van der Waals surface area contributed by atoms with E-state index in [9.17, 15) is 76.4 Å². The van der Waals surface area contributed by atoms with Gasteiger partial charge in [-0.25, -0.2) is 0 Å². The van der Waals surface area contributed by atoms with Gasteiger partial charge in [0.2, 0.25) is 10.9 Å². The van der Waals surface area contributed by atoms with E-state index in [4.69, 9.17) is 8.83 Å². The molecule has 18 nitrogen and oxygen atoms in total. The van der Waals surface area contributed by atoms with E-state index in [1.54, 1.807) is 0 Å². The van der Waals surface area contributed by atoms with Crippen LogP contribution < -0.4 is 10.9 Å². The molecule has 0 spiro atoms. The van der Waals surface area contributed by atoms with E-state index in [-0.39, 0.29) is 11.1 Å². The zero-order valence-electron chi connectivity index (χ0n) is 26.3.